The van der Waals surface area contributed by atoms with Crippen molar-refractivity contribution in [1.82, 2.24) is 5.32 Å². The van der Waals surface area contributed by atoms with Crippen molar-refractivity contribution < 1.29 is 9.90 Å². The number of carboxylic acid groups (broad SMARTS) is 1. The maximum Gasteiger partial charge on any atom is 0.321 e. The molecule has 0 aromatic heterocycles. The van der Waals surface area contributed by atoms with Gasteiger partial charge in [-0.05, 0) is 5.92 Å². The van der Waals surface area contributed by atoms with Crippen molar-refractivity contribution in [3.05, 3.63) is 0 Å². The number of hydrogen-bond acceptors (Lipinski definition) is 2. The smallest absolute Gasteiger partial charge is 0.321 e. The molecule has 1 aliphatic rings. The lowest BCUT2D eigenvalue weighted by molar-refractivity contribution is -0.143. The van der Waals surface area contributed by atoms with Crippen molar-refractivity contribution in [3.8, 4) is 0 Å². The SMILES string of the molecule is C[C@H]1CN[C@H]1C(=O)O.Cl. The van der Waals surface area contributed by atoms with Crippen molar-refractivity contribution in [2.75, 3.05) is 6.54 Å². The van der Waals surface area contributed by atoms with Gasteiger partial charge in [0.1, 0.15) is 6.04 Å². The van der Waals surface area contributed by atoms with Gasteiger partial charge in [-0.1, -0.05) is 6.92 Å². The summed E-state index contributed by atoms with van der Waals surface area (Å²) in [6, 6.07) is -0.282. The Labute approximate surface area is 59.9 Å². The van der Waals surface area contributed by atoms with Gasteiger partial charge in [0.25, 0.3) is 0 Å². The Hall–Kier alpha value is -0.280. The highest BCUT2D eigenvalue weighted by atomic mass is 35.5. The third kappa shape index (κ3) is 1.56. The Morgan fingerprint density at radius 1 is 1.78 bits per heavy atom. The first-order valence-electron chi connectivity index (χ1n) is 2.68. The third-order valence-electron chi connectivity index (χ3n) is 1.49. The molecule has 0 radical (unpaired) electrons. The van der Waals surface area contributed by atoms with Crippen molar-refractivity contribution >= 4 is 18.4 Å². The third-order valence-corrected chi connectivity index (χ3v) is 1.49. The van der Waals surface area contributed by atoms with Gasteiger partial charge < -0.3 is 10.4 Å². The van der Waals surface area contributed by atoms with Crippen molar-refractivity contribution in [3.63, 3.8) is 0 Å². The van der Waals surface area contributed by atoms with Gasteiger partial charge in [-0.3, -0.25) is 4.79 Å². The molecule has 0 bridgehead atoms. The van der Waals surface area contributed by atoms with E-state index in [1.165, 1.54) is 0 Å². The fraction of sp³-hybridized carbons (Fsp3) is 0.800. The lowest BCUT2D eigenvalue weighted by Crippen LogP contribution is -2.55. The maximum atomic E-state index is 10.1. The number of carbonyl (C=O) groups is 1. The summed E-state index contributed by atoms with van der Waals surface area (Å²) < 4.78 is 0. The second kappa shape index (κ2) is 3.03. The highest BCUT2D eigenvalue weighted by molar-refractivity contribution is 5.85. The molecule has 0 aromatic carbocycles. The van der Waals surface area contributed by atoms with Crippen LogP contribution in [-0.4, -0.2) is 23.7 Å². The largest absolute Gasteiger partial charge is 0.480 e. The predicted molar refractivity (Wildman–Crippen MR) is 35.8 cm³/mol. The number of rotatable bonds is 1. The zero-order chi connectivity index (χ0) is 6.15. The van der Waals surface area contributed by atoms with Crippen LogP contribution in [-0.2, 0) is 4.79 Å². The minimum Gasteiger partial charge on any atom is -0.480 e. The van der Waals surface area contributed by atoms with Crippen LogP contribution in [0.1, 0.15) is 6.92 Å². The Balaban J connectivity index is 0.000000640. The highest BCUT2D eigenvalue weighted by Crippen LogP contribution is 2.10. The normalized spacial score (nSPS) is 32.1. The van der Waals surface area contributed by atoms with E-state index in [1.54, 1.807) is 0 Å². The van der Waals surface area contributed by atoms with Crippen LogP contribution in [0.5, 0.6) is 0 Å². The van der Waals surface area contributed by atoms with E-state index < -0.39 is 5.97 Å². The molecular weight excluding hydrogens is 142 g/mol. The average Bonchev–Trinajstić information content (AvgIpc) is 1.61. The first-order valence-corrected chi connectivity index (χ1v) is 2.68. The zero-order valence-electron chi connectivity index (χ0n) is 5.13. The van der Waals surface area contributed by atoms with Gasteiger partial charge in [-0.25, -0.2) is 0 Å². The molecule has 3 nitrogen and oxygen atoms in total. The fourth-order valence-corrected chi connectivity index (χ4v) is 0.802. The number of halogens is 1. The first-order chi connectivity index (χ1) is 3.72. The van der Waals surface area contributed by atoms with Crippen LogP contribution in [0.2, 0.25) is 0 Å². The van der Waals surface area contributed by atoms with E-state index in [4.69, 9.17) is 5.11 Å². The van der Waals surface area contributed by atoms with E-state index in [0.717, 1.165) is 6.54 Å². The molecule has 0 aromatic rings. The van der Waals surface area contributed by atoms with Gasteiger partial charge in [-0.2, -0.15) is 0 Å². The zero-order valence-corrected chi connectivity index (χ0v) is 5.94. The minimum absolute atomic E-state index is 0. The molecule has 4 heteroatoms. The second-order valence-electron chi connectivity index (χ2n) is 2.20. The Morgan fingerprint density at radius 3 is 2.33 bits per heavy atom. The molecule has 0 unspecified atom stereocenters. The summed E-state index contributed by atoms with van der Waals surface area (Å²) in [5, 5.41) is 11.1. The van der Waals surface area contributed by atoms with Gasteiger partial charge >= 0.3 is 5.97 Å². The van der Waals surface area contributed by atoms with Crippen molar-refractivity contribution in [2.45, 2.75) is 13.0 Å². The van der Waals surface area contributed by atoms with Crippen LogP contribution >= 0.6 is 12.4 Å². The standard InChI is InChI=1S/C5H9NO2.ClH/c1-3-2-6-4(3)5(7)8;/h3-4,6H,2H2,1H3,(H,7,8);1H/t3-,4+;/m0./s1. The molecule has 9 heavy (non-hydrogen) atoms. The lowest BCUT2D eigenvalue weighted by atomic mass is 9.94. The summed E-state index contributed by atoms with van der Waals surface area (Å²) in [6.07, 6.45) is 0. The average molecular weight is 152 g/mol. The van der Waals surface area contributed by atoms with E-state index >= 15 is 0 Å². The molecule has 1 fully saturated rings. The Morgan fingerprint density at radius 2 is 2.33 bits per heavy atom. The predicted octanol–water partition coefficient (Wildman–Crippen LogP) is 0.101. The summed E-state index contributed by atoms with van der Waals surface area (Å²) in [6.45, 7) is 2.77. The molecular formula is C5H10ClNO2. The summed E-state index contributed by atoms with van der Waals surface area (Å²) >= 11 is 0. The van der Waals surface area contributed by atoms with Crippen LogP contribution < -0.4 is 5.32 Å². The first kappa shape index (κ1) is 8.72. The minimum atomic E-state index is -0.733. The van der Waals surface area contributed by atoms with E-state index in [0.29, 0.717) is 5.92 Å². The van der Waals surface area contributed by atoms with E-state index in [1.807, 2.05) is 6.92 Å². The molecule has 1 rings (SSSR count). The quantitative estimate of drug-likeness (QED) is 0.559. The molecule has 1 aliphatic heterocycles. The summed E-state index contributed by atoms with van der Waals surface area (Å²) in [4.78, 5) is 10.1. The topological polar surface area (TPSA) is 49.3 Å². The molecule has 0 amide bonds. The Bertz CT molecular complexity index is 118. The lowest BCUT2D eigenvalue weighted by Gasteiger charge is -2.31. The molecule has 0 aliphatic carbocycles. The molecule has 1 saturated heterocycles. The van der Waals surface area contributed by atoms with E-state index in [-0.39, 0.29) is 18.4 Å². The molecule has 1 heterocycles. The Kier molecular flexibility index (Phi) is 2.94. The molecule has 2 N–H and O–H groups in total. The fourth-order valence-electron chi connectivity index (χ4n) is 0.802. The van der Waals surface area contributed by atoms with Crippen LogP contribution in [0.25, 0.3) is 0 Å². The van der Waals surface area contributed by atoms with Gasteiger partial charge in [0, 0.05) is 6.54 Å². The maximum absolute atomic E-state index is 10.1. The highest BCUT2D eigenvalue weighted by Gasteiger charge is 2.31. The van der Waals surface area contributed by atoms with Gasteiger partial charge in [-0.15, -0.1) is 12.4 Å². The second-order valence-corrected chi connectivity index (χ2v) is 2.20. The van der Waals surface area contributed by atoms with Crippen LogP contribution in [0.4, 0.5) is 0 Å². The number of aliphatic carboxylic acids is 1. The summed E-state index contributed by atoms with van der Waals surface area (Å²) in [7, 11) is 0. The van der Waals surface area contributed by atoms with Crippen LogP contribution in [0, 0.1) is 5.92 Å². The molecule has 0 spiro atoms. The molecule has 0 saturated carbocycles. The van der Waals surface area contributed by atoms with E-state index in [2.05, 4.69) is 5.32 Å². The summed E-state index contributed by atoms with van der Waals surface area (Å²) in [5.41, 5.74) is 0. The number of hydrogen-bond donors (Lipinski definition) is 2. The monoisotopic (exact) mass is 151 g/mol. The van der Waals surface area contributed by atoms with Crippen molar-refractivity contribution in [1.29, 1.82) is 0 Å². The van der Waals surface area contributed by atoms with Crippen molar-refractivity contribution in [2.24, 2.45) is 5.92 Å². The van der Waals surface area contributed by atoms with E-state index in [9.17, 15) is 4.79 Å². The van der Waals surface area contributed by atoms with Crippen LogP contribution in [0.15, 0.2) is 0 Å². The van der Waals surface area contributed by atoms with Gasteiger partial charge in [0.15, 0.2) is 0 Å². The van der Waals surface area contributed by atoms with Crippen LogP contribution in [0.3, 0.4) is 0 Å². The van der Waals surface area contributed by atoms with Gasteiger partial charge in [0.2, 0.25) is 0 Å². The summed E-state index contributed by atoms with van der Waals surface area (Å²) in [5.74, 6) is -0.420. The van der Waals surface area contributed by atoms with Gasteiger partial charge in [0.05, 0.1) is 0 Å². The molecule has 2 atom stereocenters. The number of carboxylic acids is 1. The molecule has 54 valence electrons. The number of nitrogens with one attached hydrogen (secondary N) is 1.